The number of aromatic amines is 1. The number of carboxylic acid groups (broad SMARTS) is 1. The number of H-pyrrole nitrogens is 1. The first-order valence-electron chi connectivity index (χ1n) is 6.29. The Morgan fingerprint density at radius 3 is 2.80 bits per heavy atom. The van der Waals surface area contributed by atoms with Crippen LogP contribution in [0.2, 0.25) is 0 Å². The van der Waals surface area contributed by atoms with Gasteiger partial charge in [0.2, 0.25) is 0 Å². The summed E-state index contributed by atoms with van der Waals surface area (Å²) in [7, 11) is 0. The predicted molar refractivity (Wildman–Crippen MR) is 75.5 cm³/mol. The molecule has 2 aromatic rings. The van der Waals surface area contributed by atoms with Gasteiger partial charge in [-0.15, -0.1) is 0 Å². The largest absolute Gasteiger partial charge is 0.477 e. The number of ether oxygens (including phenoxy) is 1. The molecular formula is C15H15NO4. The van der Waals surface area contributed by atoms with Crippen molar-refractivity contribution in [3.8, 4) is 0 Å². The van der Waals surface area contributed by atoms with Gasteiger partial charge >= 0.3 is 11.9 Å². The Morgan fingerprint density at radius 2 is 2.10 bits per heavy atom. The Balaban J connectivity index is 2.32. The molecule has 0 unspecified atom stereocenters. The van der Waals surface area contributed by atoms with Gasteiger partial charge < -0.3 is 14.8 Å². The molecule has 0 aliphatic heterocycles. The molecule has 0 spiro atoms. The van der Waals surface area contributed by atoms with Gasteiger partial charge in [-0.3, -0.25) is 4.79 Å². The van der Waals surface area contributed by atoms with Crippen molar-refractivity contribution >= 4 is 28.9 Å². The van der Waals surface area contributed by atoms with Crippen LogP contribution in [-0.4, -0.2) is 28.6 Å². The third-order valence-corrected chi connectivity index (χ3v) is 2.83. The van der Waals surface area contributed by atoms with E-state index in [4.69, 9.17) is 4.74 Å². The van der Waals surface area contributed by atoms with Gasteiger partial charge in [-0.05, 0) is 13.0 Å². The van der Waals surface area contributed by atoms with Crippen molar-refractivity contribution in [1.29, 1.82) is 0 Å². The minimum atomic E-state index is -1.03. The molecule has 0 atom stereocenters. The second-order valence-corrected chi connectivity index (χ2v) is 4.18. The summed E-state index contributed by atoms with van der Waals surface area (Å²) < 4.78 is 4.81. The number of fused-ring (bicyclic) bond motifs is 1. The van der Waals surface area contributed by atoms with Crippen LogP contribution in [0.25, 0.3) is 17.0 Å². The number of carboxylic acids is 1. The second kappa shape index (κ2) is 6.06. The maximum Gasteiger partial charge on any atom is 0.352 e. The summed E-state index contributed by atoms with van der Waals surface area (Å²) in [6.45, 7) is 2.07. The van der Waals surface area contributed by atoms with Gasteiger partial charge in [0.15, 0.2) is 0 Å². The second-order valence-electron chi connectivity index (χ2n) is 4.18. The number of nitrogens with one attached hydrogen (secondary N) is 1. The molecule has 1 aromatic heterocycles. The zero-order valence-electron chi connectivity index (χ0n) is 11.1. The molecule has 2 N–H and O–H groups in total. The van der Waals surface area contributed by atoms with Crippen molar-refractivity contribution < 1.29 is 19.4 Å². The number of hydrogen-bond donors (Lipinski definition) is 2. The summed E-state index contributed by atoms with van der Waals surface area (Å²) in [6, 6.07) is 7.31. The molecule has 1 aromatic carbocycles. The van der Waals surface area contributed by atoms with E-state index >= 15 is 0 Å². The first kappa shape index (κ1) is 13.9. The third-order valence-electron chi connectivity index (χ3n) is 2.83. The molecule has 0 aliphatic rings. The molecule has 0 radical (unpaired) electrons. The average molecular weight is 273 g/mol. The highest BCUT2D eigenvalue weighted by molar-refractivity contribution is 6.01. The van der Waals surface area contributed by atoms with E-state index < -0.39 is 5.97 Å². The van der Waals surface area contributed by atoms with Gasteiger partial charge in [-0.2, -0.15) is 0 Å². The summed E-state index contributed by atoms with van der Waals surface area (Å²) in [4.78, 5) is 25.4. The van der Waals surface area contributed by atoms with Crippen molar-refractivity contribution in [1.82, 2.24) is 4.98 Å². The first-order valence-corrected chi connectivity index (χ1v) is 6.29. The summed E-state index contributed by atoms with van der Waals surface area (Å²) in [6.07, 6.45) is 3.37. The highest BCUT2D eigenvalue weighted by atomic mass is 16.5. The van der Waals surface area contributed by atoms with Crippen molar-refractivity contribution in [3.05, 3.63) is 41.6 Å². The molecule has 0 fully saturated rings. The zero-order chi connectivity index (χ0) is 14.5. The molecular weight excluding hydrogens is 258 g/mol. The standard InChI is InChI=1S/C15H15NO4/c1-2-20-13(17)9-5-7-11-10-6-3-4-8-12(10)16-14(11)15(18)19/h3-8,16H,2,9H2,1H3,(H,18,19). The van der Waals surface area contributed by atoms with Gasteiger partial charge in [0, 0.05) is 16.5 Å². The number of esters is 1. The lowest BCUT2D eigenvalue weighted by atomic mass is 10.1. The van der Waals surface area contributed by atoms with E-state index in [1.165, 1.54) is 0 Å². The number of aromatic carboxylic acids is 1. The molecule has 1 heterocycles. The Morgan fingerprint density at radius 1 is 1.35 bits per heavy atom. The van der Waals surface area contributed by atoms with Crippen molar-refractivity contribution in [2.24, 2.45) is 0 Å². The fourth-order valence-corrected chi connectivity index (χ4v) is 2.00. The van der Waals surface area contributed by atoms with Crippen LogP contribution in [-0.2, 0) is 9.53 Å². The molecule has 20 heavy (non-hydrogen) atoms. The predicted octanol–water partition coefficient (Wildman–Crippen LogP) is 2.83. The van der Waals surface area contributed by atoms with E-state index in [1.807, 2.05) is 24.3 Å². The van der Waals surface area contributed by atoms with E-state index in [0.29, 0.717) is 12.2 Å². The van der Waals surface area contributed by atoms with Crippen LogP contribution in [0.3, 0.4) is 0 Å². The SMILES string of the molecule is CCOC(=O)CC=Cc1c(C(=O)O)[nH]c2ccccc12. The van der Waals surface area contributed by atoms with Gasteiger partial charge in [0.05, 0.1) is 13.0 Å². The topological polar surface area (TPSA) is 79.4 Å². The third kappa shape index (κ3) is 2.88. The summed E-state index contributed by atoms with van der Waals surface area (Å²) in [5, 5.41) is 10.0. The van der Waals surface area contributed by atoms with Crippen LogP contribution in [0.15, 0.2) is 30.3 Å². The van der Waals surface area contributed by atoms with Gasteiger partial charge in [-0.1, -0.05) is 30.4 Å². The van der Waals surface area contributed by atoms with E-state index in [2.05, 4.69) is 4.98 Å². The molecule has 0 bridgehead atoms. The minimum absolute atomic E-state index is 0.117. The Bertz CT molecular complexity index is 670. The fourth-order valence-electron chi connectivity index (χ4n) is 2.00. The number of para-hydroxylation sites is 1. The number of benzene rings is 1. The van der Waals surface area contributed by atoms with Crippen LogP contribution in [0.5, 0.6) is 0 Å². The summed E-state index contributed by atoms with van der Waals surface area (Å²) >= 11 is 0. The van der Waals surface area contributed by atoms with Crippen LogP contribution in [0.1, 0.15) is 29.4 Å². The fraction of sp³-hybridized carbons (Fsp3) is 0.200. The number of hydrogen-bond acceptors (Lipinski definition) is 3. The Labute approximate surface area is 115 Å². The number of carbonyl (C=O) groups excluding carboxylic acids is 1. The zero-order valence-corrected chi connectivity index (χ0v) is 11.1. The number of aromatic nitrogens is 1. The molecule has 0 saturated carbocycles. The number of rotatable bonds is 5. The quantitative estimate of drug-likeness (QED) is 0.821. The molecule has 2 rings (SSSR count). The summed E-state index contributed by atoms with van der Waals surface area (Å²) in [5.74, 6) is -1.36. The van der Waals surface area contributed by atoms with Gasteiger partial charge in [0.1, 0.15) is 5.69 Å². The average Bonchev–Trinajstić information content (AvgIpc) is 2.78. The van der Waals surface area contributed by atoms with E-state index in [1.54, 1.807) is 19.1 Å². The van der Waals surface area contributed by atoms with Crippen LogP contribution >= 0.6 is 0 Å². The lowest BCUT2D eigenvalue weighted by Crippen LogP contribution is -2.01. The molecule has 0 amide bonds. The smallest absolute Gasteiger partial charge is 0.352 e. The van der Waals surface area contributed by atoms with Crippen molar-refractivity contribution in [2.45, 2.75) is 13.3 Å². The van der Waals surface area contributed by atoms with E-state index in [0.717, 1.165) is 10.9 Å². The van der Waals surface area contributed by atoms with Crippen LogP contribution in [0.4, 0.5) is 0 Å². The van der Waals surface area contributed by atoms with Gasteiger partial charge in [-0.25, -0.2) is 4.79 Å². The normalized spacial score (nSPS) is 11.1. The monoisotopic (exact) mass is 273 g/mol. The minimum Gasteiger partial charge on any atom is -0.477 e. The molecule has 5 heteroatoms. The number of carbonyl (C=O) groups is 2. The highest BCUT2D eigenvalue weighted by Crippen LogP contribution is 2.23. The first-order chi connectivity index (χ1) is 9.63. The van der Waals surface area contributed by atoms with Crippen LogP contribution in [0, 0.1) is 0 Å². The van der Waals surface area contributed by atoms with Crippen LogP contribution < -0.4 is 0 Å². The molecule has 5 nitrogen and oxygen atoms in total. The Kier molecular flexibility index (Phi) is 4.20. The highest BCUT2D eigenvalue weighted by Gasteiger charge is 2.14. The van der Waals surface area contributed by atoms with E-state index in [9.17, 15) is 14.7 Å². The molecule has 104 valence electrons. The maximum atomic E-state index is 11.3. The summed E-state index contributed by atoms with van der Waals surface area (Å²) in [5.41, 5.74) is 1.43. The van der Waals surface area contributed by atoms with Gasteiger partial charge in [0.25, 0.3) is 0 Å². The lowest BCUT2D eigenvalue weighted by molar-refractivity contribution is -0.142. The van der Waals surface area contributed by atoms with Crippen molar-refractivity contribution in [2.75, 3.05) is 6.61 Å². The molecule has 0 saturated heterocycles. The maximum absolute atomic E-state index is 11.3. The van der Waals surface area contributed by atoms with Crippen molar-refractivity contribution in [3.63, 3.8) is 0 Å². The lowest BCUT2D eigenvalue weighted by Gasteiger charge is -1.97. The molecule has 0 aliphatic carbocycles. The Hall–Kier alpha value is -2.56. The van der Waals surface area contributed by atoms with E-state index in [-0.39, 0.29) is 18.1 Å².